The molecule has 8 heteroatoms. The number of anilines is 1. The molecule has 0 aliphatic carbocycles. The Hall–Kier alpha value is -4.33. The molecule has 0 saturated carbocycles. The van der Waals surface area contributed by atoms with Gasteiger partial charge < -0.3 is 24.4 Å². The van der Waals surface area contributed by atoms with Gasteiger partial charge in [-0.2, -0.15) is 0 Å². The SMILES string of the molecule is COc1cc(OC)c(C2=CCN(C(=O)c3ccc(NC(=O)c4ccccn4)cc3)CC2)c(OC)c1. The molecule has 0 atom stereocenters. The smallest absolute Gasteiger partial charge is 0.274 e. The predicted molar refractivity (Wildman–Crippen MR) is 133 cm³/mol. The number of carbonyl (C=O) groups excluding carboxylic acids is 2. The van der Waals surface area contributed by atoms with Gasteiger partial charge in [0, 0.05) is 42.7 Å². The van der Waals surface area contributed by atoms with E-state index in [-0.39, 0.29) is 11.8 Å². The number of nitrogens with one attached hydrogen (secondary N) is 1. The number of hydrogen-bond acceptors (Lipinski definition) is 6. The fourth-order valence-electron chi connectivity index (χ4n) is 3.97. The van der Waals surface area contributed by atoms with Gasteiger partial charge in [-0.3, -0.25) is 14.6 Å². The van der Waals surface area contributed by atoms with E-state index in [1.54, 1.807) is 74.9 Å². The molecule has 1 N–H and O–H groups in total. The molecule has 1 aliphatic heterocycles. The van der Waals surface area contributed by atoms with Gasteiger partial charge in [-0.1, -0.05) is 12.1 Å². The van der Waals surface area contributed by atoms with Crippen LogP contribution in [-0.4, -0.2) is 56.1 Å². The van der Waals surface area contributed by atoms with Crippen LogP contribution in [-0.2, 0) is 0 Å². The minimum atomic E-state index is -0.303. The zero-order valence-electron chi connectivity index (χ0n) is 19.9. The van der Waals surface area contributed by atoms with Crippen LogP contribution >= 0.6 is 0 Å². The van der Waals surface area contributed by atoms with E-state index in [0.29, 0.717) is 53.7 Å². The third kappa shape index (κ3) is 5.27. The lowest BCUT2D eigenvalue weighted by Crippen LogP contribution is -2.34. The second kappa shape index (κ2) is 10.7. The van der Waals surface area contributed by atoms with Gasteiger partial charge in [0.25, 0.3) is 11.8 Å². The summed E-state index contributed by atoms with van der Waals surface area (Å²) in [5.74, 6) is 1.60. The van der Waals surface area contributed by atoms with Crippen molar-refractivity contribution in [2.45, 2.75) is 6.42 Å². The number of rotatable bonds is 7. The third-order valence-corrected chi connectivity index (χ3v) is 5.82. The summed E-state index contributed by atoms with van der Waals surface area (Å²) >= 11 is 0. The van der Waals surface area contributed by atoms with E-state index in [1.165, 1.54) is 0 Å². The quantitative estimate of drug-likeness (QED) is 0.551. The van der Waals surface area contributed by atoms with E-state index in [1.807, 2.05) is 18.2 Å². The summed E-state index contributed by atoms with van der Waals surface area (Å²) in [4.78, 5) is 31.2. The summed E-state index contributed by atoms with van der Waals surface area (Å²) in [5.41, 5.74) is 3.40. The molecular formula is C27H27N3O5. The maximum Gasteiger partial charge on any atom is 0.274 e. The molecule has 0 radical (unpaired) electrons. The number of aromatic nitrogens is 1. The Balaban J connectivity index is 1.45. The molecule has 1 aromatic heterocycles. The van der Waals surface area contributed by atoms with E-state index in [2.05, 4.69) is 10.3 Å². The maximum atomic E-state index is 13.1. The molecule has 0 bridgehead atoms. The first-order valence-corrected chi connectivity index (χ1v) is 11.1. The summed E-state index contributed by atoms with van der Waals surface area (Å²) in [6.07, 6.45) is 4.24. The fraction of sp³-hybridized carbons (Fsp3) is 0.222. The van der Waals surface area contributed by atoms with Crippen molar-refractivity contribution in [2.75, 3.05) is 39.7 Å². The third-order valence-electron chi connectivity index (χ3n) is 5.82. The Morgan fingerprint density at radius 3 is 2.20 bits per heavy atom. The second-order valence-electron chi connectivity index (χ2n) is 7.88. The van der Waals surface area contributed by atoms with Crippen LogP contribution in [0.3, 0.4) is 0 Å². The van der Waals surface area contributed by atoms with Gasteiger partial charge in [-0.05, 0) is 48.4 Å². The molecule has 4 rings (SSSR count). The Morgan fingerprint density at radius 1 is 0.943 bits per heavy atom. The van der Waals surface area contributed by atoms with E-state index in [0.717, 1.165) is 11.1 Å². The van der Waals surface area contributed by atoms with Crippen LogP contribution in [0.1, 0.15) is 32.8 Å². The molecule has 1 aliphatic rings. The fourth-order valence-corrected chi connectivity index (χ4v) is 3.97. The van der Waals surface area contributed by atoms with Crippen molar-refractivity contribution >= 4 is 23.1 Å². The Labute approximate surface area is 204 Å². The van der Waals surface area contributed by atoms with Crippen LogP contribution in [0.4, 0.5) is 5.69 Å². The second-order valence-corrected chi connectivity index (χ2v) is 7.88. The molecule has 2 amide bonds. The Kier molecular flexibility index (Phi) is 7.30. The number of carbonyl (C=O) groups is 2. The lowest BCUT2D eigenvalue weighted by Gasteiger charge is -2.28. The van der Waals surface area contributed by atoms with Crippen LogP contribution in [0.15, 0.2) is 66.9 Å². The van der Waals surface area contributed by atoms with Crippen molar-refractivity contribution in [1.82, 2.24) is 9.88 Å². The number of pyridine rings is 1. The molecule has 2 heterocycles. The Morgan fingerprint density at radius 2 is 1.66 bits per heavy atom. The lowest BCUT2D eigenvalue weighted by molar-refractivity contribution is 0.0772. The summed E-state index contributed by atoms with van der Waals surface area (Å²) < 4.78 is 16.5. The monoisotopic (exact) mass is 473 g/mol. The van der Waals surface area contributed by atoms with Crippen molar-refractivity contribution < 1.29 is 23.8 Å². The Bertz CT molecular complexity index is 1210. The highest BCUT2D eigenvalue weighted by molar-refractivity contribution is 6.03. The average Bonchev–Trinajstić information content (AvgIpc) is 2.92. The molecule has 0 unspecified atom stereocenters. The lowest BCUT2D eigenvalue weighted by atomic mass is 9.96. The molecule has 8 nitrogen and oxygen atoms in total. The van der Waals surface area contributed by atoms with Gasteiger partial charge in [-0.15, -0.1) is 0 Å². The van der Waals surface area contributed by atoms with Gasteiger partial charge >= 0.3 is 0 Å². The standard InChI is InChI=1S/C27H27N3O5/c1-33-21-16-23(34-2)25(24(17-21)35-3)18-11-14-30(15-12-18)27(32)19-7-9-20(10-8-19)29-26(31)22-6-4-5-13-28-22/h4-11,13,16-17H,12,14-15H2,1-3H3,(H,29,31). The minimum Gasteiger partial charge on any atom is -0.496 e. The molecule has 2 aromatic carbocycles. The zero-order chi connectivity index (χ0) is 24.8. The van der Waals surface area contributed by atoms with Crippen molar-refractivity contribution in [2.24, 2.45) is 0 Å². The van der Waals surface area contributed by atoms with Crippen molar-refractivity contribution in [3.8, 4) is 17.2 Å². The van der Waals surface area contributed by atoms with Crippen LogP contribution in [0.5, 0.6) is 17.2 Å². The van der Waals surface area contributed by atoms with Gasteiger partial charge in [0.1, 0.15) is 22.9 Å². The topological polar surface area (TPSA) is 90.0 Å². The summed E-state index contributed by atoms with van der Waals surface area (Å²) in [6, 6.07) is 15.6. The molecule has 35 heavy (non-hydrogen) atoms. The molecule has 180 valence electrons. The molecule has 0 fully saturated rings. The van der Waals surface area contributed by atoms with Crippen LogP contribution in [0, 0.1) is 0 Å². The summed E-state index contributed by atoms with van der Waals surface area (Å²) in [6.45, 7) is 1.02. The highest BCUT2D eigenvalue weighted by atomic mass is 16.5. The number of methoxy groups -OCH3 is 3. The summed E-state index contributed by atoms with van der Waals surface area (Å²) in [7, 11) is 4.82. The first-order chi connectivity index (χ1) is 17.0. The number of ether oxygens (including phenoxy) is 3. The van der Waals surface area contributed by atoms with Gasteiger partial charge in [0.05, 0.1) is 26.9 Å². The number of hydrogen-bond donors (Lipinski definition) is 1. The van der Waals surface area contributed by atoms with Crippen LogP contribution in [0.25, 0.3) is 5.57 Å². The number of amides is 2. The number of benzene rings is 2. The highest BCUT2D eigenvalue weighted by Gasteiger charge is 2.23. The largest absolute Gasteiger partial charge is 0.496 e. The first-order valence-electron chi connectivity index (χ1n) is 11.1. The van der Waals surface area contributed by atoms with Crippen molar-refractivity contribution in [3.05, 3.63) is 83.7 Å². The molecule has 0 saturated heterocycles. The van der Waals surface area contributed by atoms with Gasteiger partial charge in [-0.25, -0.2) is 0 Å². The molecule has 0 spiro atoms. The highest BCUT2D eigenvalue weighted by Crippen LogP contribution is 2.41. The summed E-state index contributed by atoms with van der Waals surface area (Å²) in [5, 5.41) is 2.79. The van der Waals surface area contributed by atoms with E-state index in [9.17, 15) is 9.59 Å². The van der Waals surface area contributed by atoms with Crippen LogP contribution < -0.4 is 19.5 Å². The predicted octanol–water partition coefficient (Wildman–Crippen LogP) is 4.29. The van der Waals surface area contributed by atoms with Crippen LogP contribution in [0.2, 0.25) is 0 Å². The maximum absolute atomic E-state index is 13.1. The minimum absolute atomic E-state index is 0.0726. The van der Waals surface area contributed by atoms with E-state index >= 15 is 0 Å². The van der Waals surface area contributed by atoms with Crippen molar-refractivity contribution in [3.63, 3.8) is 0 Å². The number of nitrogens with zero attached hydrogens (tertiary/aromatic N) is 2. The van der Waals surface area contributed by atoms with E-state index < -0.39 is 0 Å². The molecular weight excluding hydrogens is 446 g/mol. The van der Waals surface area contributed by atoms with E-state index in [4.69, 9.17) is 14.2 Å². The zero-order valence-corrected chi connectivity index (χ0v) is 19.9. The first kappa shape index (κ1) is 23.8. The van der Waals surface area contributed by atoms with Gasteiger partial charge in [0.2, 0.25) is 0 Å². The normalized spacial score (nSPS) is 13.0. The molecule has 3 aromatic rings. The average molecular weight is 474 g/mol. The van der Waals surface area contributed by atoms with Crippen molar-refractivity contribution in [1.29, 1.82) is 0 Å². The van der Waals surface area contributed by atoms with Gasteiger partial charge in [0.15, 0.2) is 0 Å².